The summed E-state index contributed by atoms with van der Waals surface area (Å²) in [7, 11) is 2.87. The zero-order valence-electron chi connectivity index (χ0n) is 14.7. The summed E-state index contributed by atoms with van der Waals surface area (Å²) in [6.07, 6.45) is 2.19. The monoisotopic (exact) mass is 344 g/mol. The van der Waals surface area contributed by atoms with Gasteiger partial charge in [0.15, 0.2) is 0 Å². The lowest BCUT2D eigenvalue weighted by molar-refractivity contribution is -0.142. The van der Waals surface area contributed by atoms with Crippen molar-refractivity contribution in [3.8, 4) is 5.88 Å². The molecule has 0 saturated heterocycles. The van der Waals surface area contributed by atoms with E-state index >= 15 is 0 Å². The van der Waals surface area contributed by atoms with Gasteiger partial charge in [-0.25, -0.2) is 14.2 Å². The fraction of sp³-hybridized carbons (Fsp3) is 0.368. The van der Waals surface area contributed by atoms with Crippen molar-refractivity contribution in [1.82, 2.24) is 4.98 Å². The van der Waals surface area contributed by atoms with Gasteiger partial charge in [-0.2, -0.15) is 0 Å². The first kappa shape index (κ1) is 17.2. The fourth-order valence-corrected chi connectivity index (χ4v) is 3.56. The van der Waals surface area contributed by atoms with Crippen LogP contribution in [0.5, 0.6) is 5.88 Å². The van der Waals surface area contributed by atoms with Crippen molar-refractivity contribution < 1.29 is 18.7 Å². The van der Waals surface area contributed by atoms with Gasteiger partial charge in [-0.05, 0) is 42.7 Å². The van der Waals surface area contributed by atoms with E-state index in [4.69, 9.17) is 9.47 Å². The smallest absolute Gasteiger partial charge is 0.329 e. The average molecular weight is 344 g/mol. The number of anilines is 1. The minimum Gasteiger partial charge on any atom is -0.481 e. The molecule has 2 atom stereocenters. The molecule has 1 aliphatic rings. The molecule has 2 unspecified atom stereocenters. The Bertz CT molecular complexity index is 824. The van der Waals surface area contributed by atoms with Crippen molar-refractivity contribution in [3.05, 3.63) is 53.0 Å². The van der Waals surface area contributed by atoms with Crippen molar-refractivity contribution >= 4 is 11.7 Å². The topological polar surface area (TPSA) is 60.5 Å². The summed E-state index contributed by atoms with van der Waals surface area (Å²) in [6, 6.07) is 6.20. The van der Waals surface area contributed by atoms with Gasteiger partial charge in [0.1, 0.15) is 11.9 Å². The van der Waals surface area contributed by atoms with Crippen molar-refractivity contribution in [2.24, 2.45) is 0 Å². The van der Waals surface area contributed by atoms with Crippen LogP contribution in [0.4, 0.5) is 10.1 Å². The number of halogens is 1. The Morgan fingerprint density at radius 2 is 2.12 bits per heavy atom. The van der Waals surface area contributed by atoms with Crippen molar-refractivity contribution in [2.45, 2.75) is 31.7 Å². The van der Waals surface area contributed by atoms with Crippen molar-refractivity contribution in [3.63, 3.8) is 0 Å². The molecule has 0 bridgehead atoms. The molecule has 0 saturated carbocycles. The van der Waals surface area contributed by atoms with Crippen LogP contribution in [0.3, 0.4) is 0 Å². The second kappa shape index (κ2) is 6.35. The first-order chi connectivity index (χ1) is 12.0. The van der Waals surface area contributed by atoms with Crippen LogP contribution in [0.1, 0.15) is 30.5 Å². The molecule has 25 heavy (non-hydrogen) atoms. The molecular weight excluding hydrogens is 323 g/mol. The van der Waals surface area contributed by atoms with Crippen molar-refractivity contribution in [1.29, 1.82) is 0 Å². The van der Waals surface area contributed by atoms with Crippen LogP contribution < -0.4 is 10.1 Å². The highest BCUT2D eigenvalue weighted by atomic mass is 19.1. The number of fused-ring (bicyclic) bond motifs is 1. The lowest BCUT2D eigenvalue weighted by Gasteiger charge is -2.31. The number of nitrogens with zero attached hydrogens (tertiary/aromatic N) is 1. The van der Waals surface area contributed by atoms with E-state index in [0.717, 1.165) is 11.1 Å². The number of carbonyl (C=O) groups is 1. The Balaban J connectivity index is 2.28. The molecule has 0 amide bonds. The highest BCUT2D eigenvalue weighted by Crippen LogP contribution is 2.49. The molecule has 5 nitrogen and oxygen atoms in total. The molecule has 1 N–H and O–H groups in total. The molecule has 3 rings (SSSR count). The molecule has 0 aliphatic carbocycles. The SMILES string of the molecule is CCc1cc2c(cc1F)NC(C(=O)OC)C2(C)c1cccnc1OC. The van der Waals surface area contributed by atoms with E-state index in [9.17, 15) is 9.18 Å². The van der Waals surface area contributed by atoms with Gasteiger partial charge in [0, 0.05) is 17.4 Å². The van der Waals surface area contributed by atoms with E-state index in [-0.39, 0.29) is 5.82 Å². The van der Waals surface area contributed by atoms with Crippen LogP contribution in [-0.2, 0) is 21.4 Å². The summed E-state index contributed by atoms with van der Waals surface area (Å²) in [5.74, 6) is -0.293. The molecule has 2 heterocycles. The molecular formula is C19H21FN2O3. The van der Waals surface area contributed by atoms with E-state index in [1.165, 1.54) is 20.3 Å². The van der Waals surface area contributed by atoms with Crippen LogP contribution >= 0.6 is 0 Å². The largest absolute Gasteiger partial charge is 0.481 e. The molecule has 132 valence electrons. The predicted molar refractivity (Wildman–Crippen MR) is 92.4 cm³/mol. The highest BCUT2D eigenvalue weighted by Gasteiger charge is 2.51. The van der Waals surface area contributed by atoms with Gasteiger partial charge < -0.3 is 14.8 Å². The Hall–Kier alpha value is -2.63. The molecule has 2 aromatic rings. The Labute approximate surface area is 146 Å². The van der Waals surface area contributed by atoms with E-state index < -0.39 is 17.4 Å². The summed E-state index contributed by atoms with van der Waals surface area (Å²) < 4.78 is 24.7. The molecule has 0 spiro atoms. The quantitative estimate of drug-likeness (QED) is 0.864. The third-order valence-electron chi connectivity index (χ3n) is 4.97. The van der Waals surface area contributed by atoms with Crippen molar-refractivity contribution in [2.75, 3.05) is 19.5 Å². The fourth-order valence-electron chi connectivity index (χ4n) is 3.56. The number of hydrogen-bond donors (Lipinski definition) is 1. The zero-order chi connectivity index (χ0) is 18.2. The summed E-state index contributed by atoms with van der Waals surface area (Å²) in [5.41, 5.74) is 1.94. The highest BCUT2D eigenvalue weighted by molar-refractivity contribution is 5.88. The number of hydrogen-bond acceptors (Lipinski definition) is 5. The number of methoxy groups -OCH3 is 2. The molecule has 1 aromatic heterocycles. The van der Waals surface area contributed by atoms with Crippen LogP contribution in [-0.4, -0.2) is 31.2 Å². The summed E-state index contributed by atoms with van der Waals surface area (Å²) in [6.45, 7) is 3.82. The van der Waals surface area contributed by atoms with Gasteiger partial charge in [0.05, 0.1) is 19.6 Å². The molecule has 6 heteroatoms. The first-order valence-electron chi connectivity index (χ1n) is 8.14. The maximum absolute atomic E-state index is 14.3. The van der Waals surface area contributed by atoms with E-state index in [1.54, 1.807) is 12.3 Å². The number of benzene rings is 1. The van der Waals surface area contributed by atoms with Gasteiger partial charge in [0.2, 0.25) is 5.88 Å². The minimum absolute atomic E-state index is 0.292. The third kappa shape index (κ3) is 2.52. The van der Waals surface area contributed by atoms with Crippen LogP contribution in [0.25, 0.3) is 0 Å². The minimum atomic E-state index is -0.806. The predicted octanol–water partition coefficient (Wildman–Crippen LogP) is 3.06. The van der Waals surface area contributed by atoms with Gasteiger partial charge in [-0.3, -0.25) is 0 Å². The number of nitrogens with one attached hydrogen (secondary N) is 1. The molecule has 1 aliphatic heterocycles. The van der Waals surface area contributed by atoms with E-state index in [2.05, 4.69) is 10.3 Å². The number of esters is 1. The standard InChI is InChI=1S/C19H21FN2O3/c1-5-11-9-13-15(10-14(11)20)22-16(18(23)25-4)19(13,2)12-7-6-8-21-17(12)24-3/h6-10,16,22H,5H2,1-4H3. The molecule has 0 fully saturated rings. The second-order valence-corrected chi connectivity index (χ2v) is 6.21. The third-order valence-corrected chi connectivity index (χ3v) is 4.97. The normalized spacial score (nSPS) is 21.4. The zero-order valence-corrected chi connectivity index (χ0v) is 14.7. The van der Waals surface area contributed by atoms with Crippen LogP contribution in [0, 0.1) is 5.82 Å². The molecule has 0 radical (unpaired) electrons. The van der Waals surface area contributed by atoms with Gasteiger partial charge in [0.25, 0.3) is 0 Å². The van der Waals surface area contributed by atoms with Gasteiger partial charge >= 0.3 is 5.97 Å². The summed E-state index contributed by atoms with van der Waals surface area (Å²) in [5, 5.41) is 3.12. The Morgan fingerprint density at radius 1 is 1.36 bits per heavy atom. The van der Waals surface area contributed by atoms with Crippen LogP contribution in [0.15, 0.2) is 30.5 Å². The number of carbonyl (C=O) groups excluding carboxylic acids is 1. The number of ether oxygens (including phenoxy) is 2. The van der Waals surface area contributed by atoms with Crippen LogP contribution in [0.2, 0.25) is 0 Å². The maximum Gasteiger partial charge on any atom is 0.329 e. The summed E-state index contributed by atoms with van der Waals surface area (Å²) >= 11 is 0. The Kier molecular flexibility index (Phi) is 4.37. The second-order valence-electron chi connectivity index (χ2n) is 6.21. The average Bonchev–Trinajstić information content (AvgIpc) is 2.93. The van der Waals surface area contributed by atoms with Gasteiger partial charge in [-0.15, -0.1) is 0 Å². The number of rotatable bonds is 4. The summed E-state index contributed by atoms with van der Waals surface area (Å²) in [4.78, 5) is 16.7. The lowest BCUT2D eigenvalue weighted by atomic mass is 9.72. The number of aromatic nitrogens is 1. The van der Waals surface area contributed by atoms with E-state index in [0.29, 0.717) is 23.6 Å². The first-order valence-corrected chi connectivity index (χ1v) is 8.14. The maximum atomic E-state index is 14.3. The number of aryl methyl sites for hydroxylation is 1. The Morgan fingerprint density at radius 3 is 2.76 bits per heavy atom. The van der Waals surface area contributed by atoms with E-state index in [1.807, 2.05) is 26.0 Å². The lowest BCUT2D eigenvalue weighted by Crippen LogP contribution is -2.44. The molecule has 1 aromatic carbocycles. The number of pyridine rings is 1. The van der Waals surface area contributed by atoms with Gasteiger partial charge in [-0.1, -0.05) is 13.0 Å².